The van der Waals surface area contributed by atoms with Crippen LogP contribution in [-0.2, 0) is 19.0 Å². The van der Waals surface area contributed by atoms with Gasteiger partial charge in [0.2, 0.25) is 0 Å². The Morgan fingerprint density at radius 2 is 1.75 bits per heavy atom. The van der Waals surface area contributed by atoms with Gasteiger partial charge in [0.25, 0.3) is 0 Å². The molecule has 2 rings (SSSR count). The van der Waals surface area contributed by atoms with Gasteiger partial charge < -0.3 is 28.8 Å². The van der Waals surface area contributed by atoms with Crippen molar-refractivity contribution in [2.45, 2.75) is 19.3 Å². The van der Waals surface area contributed by atoms with E-state index >= 15 is 0 Å². The number of esters is 1. The van der Waals surface area contributed by atoms with E-state index in [4.69, 9.17) is 23.7 Å². The summed E-state index contributed by atoms with van der Waals surface area (Å²) < 4.78 is 26.4. The van der Waals surface area contributed by atoms with Crippen molar-refractivity contribution >= 4 is 5.97 Å². The molecule has 1 unspecified atom stereocenters. The normalized spacial score (nSPS) is 11.7. The highest BCUT2D eigenvalue weighted by Crippen LogP contribution is 2.42. The zero-order valence-electron chi connectivity index (χ0n) is 16.6. The third-order valence-corrected chi connectivity index (χ3v) is 4.19. The van der Waals surface area contributed by atoms with Gasteiger partial charge >= 0.3 is 5.97 Å². The Morgan fingerprint density at radius 3 is 2.36 bits per heavy atom. The van der Waals surface area contributed by atoms with Gasteiger partial charge in [0.1, 0.15) is 17.2 Å². The van der Waals surface area contributed by atoms with Crippen LogP contribution in [0.5, 0.6) is 17.2 Å². The van der Waals surface area contributed by atoms with E-state index in [1.807, 2.05) is 13.0 Å². The molecule has 152 valence electrons. The number of hydrogen-bond acceptors (Lipinski definition) is 7. The van der Waals surface area contributed by atoms with E-state index in [2.05, 4.69) is 0 Å². The van der Waals surface area contributed by atoms with Crippen LogP contribution in [0.4, 0.5) is 0 Å². The first-order valence-electron chi connectivity index (χ1n) is 8.84. The summed E-state index contributed by atoms with van der Waals surface area (Å²) in [7, 11) is 4.39. The molecule has 0 saturated carbocycles. The van der Waals surface area contributed by atoms with E-state index in [-0.39, 0.29) is 25.3 Å². The summed E-state index contributed by atoms with van der Waals surface area (Å²) in [6, 6.07) is 10.2. The van der Waals surface area contributed by atoms with Crippen LogP contribution in [0.15, 0.2) is 36.4 Å². The van der Waals surface area contributed by atoms with Gasteiger partial charge in [-0.2, -0.15) is 0 Å². The molecule has 1 atom stereocenters. The number of phenolic OH excluding ortho intramolecular Hbond substituents is 1. The van der Waals surface area contributed by atoms with Crippen LogP contribution < -0.4 is 9.47 Å². The van der Waals surface area contributed by atoms with Crippen molar-refractivity contribution in [2.24, 2.45) is 0 Å². The van der Waals surface area contributed by atoms with Crippen LogP contribution in [0.25, 0.3) is 11.1 Å². The summed E-state index contributed by atoms with van der Waals surface area (Å²) in [5, 5.41) is 9.96. The molecular formula is C21H26O7. The second kappa shape index (κ2) is 10.5. The van der Waals surface area contributed by atoms with E-state index in [1.54, 1.807) is 30.3 Å². The maximum atomic E-state index is 12.4. The molecule has 0 amide bonds. The van der Waals surface area contributed by atoms with Crippen molar-refractivity contribution in [3.63, 3.8) is 0 Å². The van der Waals surface area contributed by atoms with E-state index in [9.17, 15) is 9.90 Å². The predicted octanol–water partition coefficient (Wildman–Crippen LogP) is 3.69. The number of rotatable bonds is 10. The van der Waals surface area contributed by atoms with Gasteiger partial charge in [-0.1, -0.05) is 19.1 Å². The molecule has 2 aromatic rings. The van der Waals surface area contributed by atoms with E-state index in [1.165, 1.54) is 21.3 Å². The molecule has 0 aliphatic carbocycles. The first-order valence-corrected chi connectivity index (χ1v) is 8.84. The number of benzene rings is 2. The first kappa shape index (κ1) is 21.5. The Hall–Kier alpha value is -2.77. The van der Waals surface area contributed by atoms with Gasteiger partial charge in [-0.15, -0.1) is 0 Å². The molecule has 0 heterocycles. The highest BCUT2D eigenvalue weighted by Gasteiger charge is 2.27. The molecule has 2 aromatic carbocycles. The lowest BCUT2D eigenvalue weighted by Gasteiger charge is -2.22. The number of ether oxygens (including phenoxy) is 5. The monoisotopic (exact) mass is 390 g/mol. The smallest absolute Gasteiger partial charge is 0.313 e. The second-order valence-electron chi connectivity index (χ2n) is 6.02. The molecule has 28 heavy (non-hydrogen) atoms. The second-order valence-corrected chi connectivity index (χ2v) is 6.02. The number of carbonyl (C=O) groups is 1. The van der Waals surface area contributed by atoms with Crippen molar-refractivity contribution in [1.29, 1.82) is 0 Å². The van der Waals surface area contributed by atoms with E-state index < -0.39 is 5.92 Å². The molecule has 1 N–H and O–H groups in total. The van der Waals surface area contributed by atoms with Gasteiger partial charge in [0.15, 0.2) is 13.6 Å². The van der Waals surface area contributed by atoms with Crippen LogP contribution in [0.1, 0.15) is 24.8 Å². The summed E-state index contributed by atoms with van der Waals surface area (Å²) in [5.41, 5.74) is 2.02. The van der Waals surface area contributed by atoms with Gasteiger partial charge in [0.05, 0.1) is 13.0 Å². The molecule has 7 nitrogen and oxygen atoms in total. The maximum Gasteiger partial charge on any atom is 0.313 e. The minimum absolute atomic E-state index is 0.00794. The molecule has 0 radical (unpaired) electrons. The summed E-state index contributed by atoms with van der Waals surface area (Å²) in [4.78, 5) is 12.4. The summed E-state index contributed by atoms with van der Waals surface area (Å²) >= 11 is 0. The highest BCUT2D eigenvalue weighted by molar-refractivity contribution is 5.85. The lowest BCUT2D eigenvalue weighted by Crippen LogP contribution is -2.15. The van der Waals surface area contributed by atoms with E-state index in [0.29, 0.717) is 34.6 Å². The third-order valence-electron chi connectivity index (χ3n) is 4.19. The zero-order chi connectivity index (χ0) is 20.5. The SMILES string of the molecule is CCC(C(=O)OC)c1cc(OCOC)cc(OCOC)c1-c1cccc(O)c1. The van der Waals surface area contributed by atoms with Crippen molar-refractivity contribution in [3.05, 3.63) is 42.0 Å². The topological polar surface area (TPSA) is 83.5 Å². The molecule has 0 saturated heterocycles. The van der Waals surface area contributed by atoms with Crippen LogP contribution in [0.2, 0.25) is 0 Å². The molecule has 0 aromatic heterocycles. The molecule has 0 bridgehead atoms. The van der Waals surface area contributed by atoms with Crippen molar-refractivity contribution < 1.29 is 33.6 Å². The minimum Gasteiger partial charge on any atom is -0.508 e. The number of aromatic hydroxyl groups is 1. The zero-order valence-corrected chi connectivity index (χ0v) is 16.6. The fourth-order valence-electron chi connectivity index (χ4n) is 2.96. The molecule has 0 aliphatic heterocycles. The molecule has 0 fully saturated rings. The summed E-state index contributed by atoms with van der Waals surface area (Å²) in [5.74, 6) is 0.128. The Kier molecular flexibility index (Phi) is 8.10. The van der Waals surface area contributed by atoms with Crippen LogP contribution in [0.3, 0.4) is 0 Å². The van der Waals surface area contributed by atoms with Crippen molar-refractivity contribution in [3.8, 4) is 28.4 Å². The van der Waals surface area contributed by atoms with E-state index in [0.717, 1.165) is 0 Å². The Balaban J connectivity index is 2.72. The number of phenols is 1. The third kappa shape index (κ3) is 5.15. The van der Waals surface area contributed by atoms with Crippen LogP contribution in [0, 0.1) is 0 Å². The average molecular weight is 390 g/mol. The Morgan fingerprint density at radius 1 is 1.04 bits per heavy atom. The first-order chi connectivity index (χ1) is 13.5. The summed E-state index contributed by atoms with van der Waals surface area (Å²) in [6.45, 7) is 1.95. The highest BCUT2D eigenvalue weighted by atomic mass is 16.7. The summed E-state index contributed by atoms with van der Waals surface area (Å²) in [6.07, 6.45) is 0.510. The van der Waals surface area contributed by atoms with Crippen molar-refractivity contribution in [2.75, 3.05) is 34.9 Å². The van der Waals surface area contributed by atoms with Gasteiger partial charge in [0, 0.05) is 25.8 Å². The Bertz CT molecular complexity index is 788. The van der Waals surface area contributed by atoms with Gasteiger partial charge in [-0.3, -0.25) is 4.79 Å². The molecular weight excluding hydrogens is 364 g/mol. The van der Waals surface area contributed by atoms with Crippen molar-refractivity contribution in [1.82, 2.24) is 0 Å². The lowest BCUT2D eigenvalue weighted by atomic mass is 9.88. The maximum absolute atomic E-state index is 12.4. The lowest BCUT2D eigenvalue weighted by molar-refractivity contribution is -0.142. The molecule has 0 aliphatic rings. The quantitative estimate of drug-likeness (QED) is 0.489. The minimum atomic E-state index is -0.543. The predicted molar refractivity (Wildman–Crippen MR) is 104 cm³/mol. The van der Waals surface area contributed by atoms with Gasteiger partial charge in [-0.25, -0.2) is 0 Å². The van der Waals surface area contributed by atoms with Gasteiger partial charge in [-0.05, 0) is 35.7 Å². The fourth-order valence-corrected chi connectivity index (χ4v) is 2.96. The largest absolute Gasteiger partial charge is 0.508 e. The van der Waals surface area contributed by atoms with Crippen LogP contribution >= 0.6 is 0 Å². The molecule has 0 spiro atoms. The Labute approximate surface area is 164 Å². The fraction of sp³-hybridized carbons (Fsp3) is 0.381. The standard InChI is InChI=1S/C21H26O7/c1-5-17(21(23)26-4)18-10-16(27-12-24-2)11-19(28-13-25-3)20(18)14-7-6-8-15(22)9-14/h6-11,17,22H,5,12-13H2,1-4H3. The number of methoxy groups -OCH3 is 3. The molecule has 7 heteroatoms. The average Bonchev–Trinajstić information content (AvgIpc) is 2.70. The number of hydrogen-bond donors (Lipinski definition) is 1. The number of carbonyl (C=O) groups excluding carboxylic acids is 1. The van der Waals surface area contributed by atoms with Crippen LogP contribution in [-0.4, -0.2) is 46.0 Å².